The van der Waals surface area contributed by atoms with Crippen LogP contribution in [0.4, 0.5) is 0 Å². The van der Waals surface area contributed by atoms with E-state index in [1.54, 1.807) is 18.2 Å². The van der Waals surface area contributed by atoms with Crippen molar-refractivity contribution in [2.24, 2.45) is 5.73 Å². The number of pyridine rings is 1. The SMILES string of the molecule is Cc1c(Cl)ccc2c(C(N)=O)cc(-c3ccc4c(c3)OCO4)nc12. The number of nitrogens with zero attached hydrogens (tertiary/aromatic N) is 1. The number of aryl methyl sites for hydroxylation is 1. The van der Waals surface area contributed by atoms with E-state index in [4.69, 9.17) is 26.8 Å². The van der Waals surface area contributed by atoms with E-state index in [0.29, 0.717) is 38.7 Å². The van der Waals surface area contributed by atoms with E-state index in [0.717, 1.165) is 11.1 Å². The van der Waals surface area contributed by atoms with Gasteiger partial charge in [0.2, 0.25) is 12.7 Å². The van der Waals surface area contributed by atoms with E-state index in [1.807, 2.05) is 25.1 Å². The van der Waals surface area contributed by atoms with Gasteiger partial charge in [-0.25, -0.2) is 4.98 Å². The minimum atomic E-state index is -0.508. The Kier molecular flexibility index (Phi) is 3.32. The lowest BCUT2D eigenvalue weighted by atomic mass is 10.0. The second-order valence-corrected chi connectivity index (χ2v) is 5.96. The summed E-state index contributed by atoms with van der Waals surface area (Å²) in [5, 5.41) is 1.28. The summed E-state index contributed by atoms with van der Waals surface area (Å²) in [6.07, 6.45) is 0. The number of nitrogens with two attached hydrogens (primary N) is 1. The quantitative estimate of drug-likeness (QED) is 0.772. The Morgan fingerprint density at radius 2 is 1.96 bits per heavy atom. The molecule has 1 amide bonds. The van der Waals surface area contributed by atoms with Crippen LogP contribution in [0.1, 0.15) is 15.9 Å². The van der Waals surface area contributed by atoms with Gasteiger partial charge in [0.1, 0.15) is 0 Å². The van der Waals surface area contributed by atoms with Gasteiger partial charge >= 0.3 is 0 Å². The third-order valence-corrected chi connectivity index (χ3v) is 4.51. The number of fused-ring (bicyclic) bond motifs is 2. The van der Waals surface area contributed by atoms with Crippen molar-refractivity contribution in [3.05, 3.63) is 52.5 Å². The van der Waals surface area contributed by atoms with Crippen LogP contribution in [0.2, 0.25) is 5.02 Å². The number of amides is 1. The largest absolute Gasteiger partial charge is 0.454 e. The van der Waals surface area contributed by atoms with Crippen molar-refractivity contribution in [1.82, 2.24) is 4.98 Å². The highest BCUT2D eigenvalue weighted by Gasteiger charge is 2.17. The van der Waals surface area contributed by atoms with E-state index < -0.39 is 5.91 Å². The van der Waals surface area contributed by atoms with E-state index in [2.05, 4.69) is 4.98 Å². The molecule has 3 aromatic rings. The first-order chi connectivity index (χ1) is 11.5. The zero-order valence-electron chi connectivity index (χ0n) is 12.8. The molecular weight excluding hydrogens is 328 g/mol. The Hall–Kier alpha value is -2.79. The van der Waals surface area contributed by atoms with E-state index in [9.17, 15) is 4.79 Å². The summed E-state index contributed by atoms with van der Waals surface area (Å²) in [5.41, 5.74) is 8.87. The fraction of sp³-hybridized carbons (Fsp3) is 0.111. The van der Waals surface area contributed by atoms with Gasteiger partial charge in [-0.1, -0.05) is 17.7 Å². The predicted molar refractivity (Wildman–Crippen MR) is 91.6 cm³/mol. The average molecular weight is 341 g/mol. The number of primary amides is 1. The molecule has 0 spiro atoms. The normalized spacial score (nSPS) is 12.6. The molecule has 0 unspecified atom stereocenters. The number of halogens is 1. The molecule has 0 aliphatic carbocycles. The average Bonchev–Trinajstić information content (AvgIpc) is 3.05. The highest BCUT2D eigenvalue weighted by atomic mass is 35.5. The van der Waals surface area contributed by atoms with Gasteiger partial charge in [-0.2, -0.15) is 0 Å². The highest BCUT2D eigenvalue weighted by molar-refractivity contribution is 6.32. The molecule has 4 rings (SSSR count). The van der Waals surface area contributed by atoms with Crippen molar-refractivity contribution in [3.63, 3.8) is 0 Å². The van der Waals surface area contributed by atoms with Gasteiger partial charge < -0.3 is 15.2 Å². The van der Waals surface area contributed by atoms with Crippen LogP contribution in [-0.2, 0) is 0 Å². The fourth-order valence-electron chi connectivity index (χ4n) is 2.81. The van der Waals surface area contributed by atoms with Gasteiger partial charge in [-0.05, 0) is 42.8 Å². The molecule has 0 radical (unpaired) electrons. The number of ether oxygens (including phenoxy) is 2. The molecule has 0 fully saturated rings. The molecule has 0 saturated carbocycles. The second kappa shape index (κ2) is 5.39. The van der Waals surface area contributed by atoms with Crippen molar-refractivity contribution >= 4 is 28.4 Å². The second-order valence-electron chi connectivity index (χ2n) is 5.56. The minimum absolute atomic E-state index is 0.200. The Balaban J connectivity index is 1.99. The Labute approximate surface area is 143 Å². The number of carbonyl (C=O) groups excluding carboxylic acids is 1. The van der Waals surface area contributed by atoms with Gasteiger partial charge in [0.25, 0.3) is 0 Å². The number of hydrogen-bond acceptors (Lipinski definition) is 4. The summed E-state index contributed by atoms with van der Waals surface area (Å²) in [5.74, 6) is 0.831. The molecule has 2 N–H and O–H groups in total. The molecular formula is C18H13ClN2O3. The molecule has 2 aromatic carbocycles. The standard InChI is InChI=1S/C18H13ClN2O3/c1-9-13(19)4-3-11-12(18(20)22)7-14(21-17(9)11)10-2-5-15-16(6-10)24-8-23-15/h2-7H,8H2,1H3,(H2,20,22). The number of benzene rings is 2. The molecule has 1 aliphatic heterocycles. The van der Waals surface area contributed by atoms with E-state index in [1.165, 1.54) is 0 Å². The molecule has 5 nitrogen and oxygen atoms in total. The lowest BCUT2D eigenvalue weighted by Gasteiger charge is -2.11. The van der Waals surface area contributed by atoms with E-state index >= 15 is 0 Å². The van der Waals surface area contributed by atoms with Gasteiger partial charge in [-0.15, -0.1) is 0 Å². The molecule has 24 heavy (non-hydrogen) atoms. The molecule has 120 valence electrons. The topological polar surface area (TPSA) is 74.4 Å². The molecule has 0 atom stereocenters. The van der Waals surface area contributed by atoms with Crippen LogP contribution in [0.3, 0.4) is 0 Å². The summed E-state index contributed by atoms with van der Waals surface area (Å²) >= 11 is 6.20. The molecule has 6 heteroatoms. The maximum Gasteiger partial charge on any atom is 0.249 e. The van der Waals surface area contributed by atoms with E-state index in [-0.39, 0.29) is 6.79 Å². The lowest BCUT2D eigenvalue weighted by molar-refractivity contribution is 0.100. The first-order valence-corrected chi connectivity index (χ1v) is 7.72. The number of rotatable bonds is 2. The van der Waals surface area contributed by atoms with Crippen LogP contribution in [0, 0.1) is 6.92 Å². The fourth-order valence-corrected chi connectivity index (χ4v) is 2.96. The predicted octanol–water partition coefficient (Wildman–Crippen LogP) is 3.69. The lowest BCUT2D eigenvalue weighted by Crippen LogP contribution is -2.12. The summed E-state index contributed by atoms with van der Waals surface area (Å²) in [4.78, 5) is 16.6. The first-order valence-electron chi connectivity index (χ1n) is 7.34. The molecule has 1 aromatic heterocycles. The first kappa shape index (κ1) is 14.8. The number of carbonyl (C=O) groups is 1. The molecule has 0 saturated heterocycles. The minimum Gasteiger partial charge on any atom is -0.454 e. The molecule has 1 aliphatic rings. The summed E-state index contributed by atoms with van der Waals surface area (Å²) < 4.78 is 10.7. The smallest absolute Gasteiger partial charge is 0.249 e. The van der Waals surface area contributed by atoms with Crippen LogP contribution in [-0.4, -0.2) is 17.7 Å². The number of hydrogen-bond donors (Lipinski definition) is 1. The summed E-state index contributed by atoms with van der Waals surface area (Å²) in [6, 6.07) is 10.7. The Morgan fingerprint density at radius 3 is 2.75 bits per heavy atom. The maximum atomic E-state index is 11.9. The zero-order chi connectivity index (χ0) is 16.8. The van der Waals surface area contributed by atoms with Crippen molar-refractivity contribution in [2.75, 3.05) is 6.79 Å². The van der Waals surface area contributed by atoms with Crippen LogP contribution < -0.4 is 15.2 Å². The summed E-state index contributed by atoms with van der Waals surface area (Å²) in [6.45, 7) is 2.07. The van der Waals surface area contributed by atoms with Crippen LogP contribution in [0.15, 0.2) is 36.4 Å². The van der Waals surface area contributed by atoms with Gasteiger partial charge in [0, 0.05) is 16.0 Å². The van der Waals surface area contributed by atoms with Gasteiger partial charge in [-0.3, -0.25) is 4.79 Å². The Morgan fingerprint density at radius 1 is 1.17 bits per heavy atom. The molecule has 0 bridgehead atoms. The highest BCUT2D eigenvalue weighted by Crippen LogP contribution is 2.37. The maximum absolute atomic E-state index is 11.9. The van der Waals surface area contributed by atoms with Crippen molar-refractivity contribution < 1.29 is 14.3 Å². The monoisotopic (exact) mass is 340 g/mol. The van der Waals surface area contributed by atoms with Gasteiger partial charge in [0.05, 0.1) is 16.8 Å². The van der Waals surface area contributed by atoms with Crippen molar-refractivity contribution in [3.8, 4) is 22.8 Å². The van der Waals surface area contributed by atoms with Gasteiger partial charge in [0.15, 0.2) is 11.5 Å². The zero-order valence-corrected chi connectivity index (χ0v) is 13.6. The van der Waals surface area contributed by atoms with Crippen LogP contribution >= 0.6 is 11.6 Å². The summed E-state index contributed by atoms with van der Waals surface area (Å²) in [7, 11) is 0. The van der Waals surface area contributed by atoms with Crippen molar-refractivity contribution in [2.45, 2.75) is 6.92 Å². The third kappa shape index (κ3) is 2.25. The molecule has 2 heterocycles. The number of aromatic nitrogens is 1. The van der Waals surface area contributed by atoms with Crippen molar-refractivity contribution in [1.29, 1.82) is 0 Å². The third-order valence-electron chi connectivity index (χ3n) is 4.10. The van der Waals surface area contributed by atoms with Crippen LogP contribution in [0.5, 0.6) is 11.5 Å². The Bertz CT molecular complexity index is 1000. The van der Waals surface area contributed by atoms with Crippen LogP contribution in [0.25, 0.3) is 22.2 Å².